The normalized spacial score (nSPS) is 17.4. The number of hydrogen-bond donors (Lipinski definition) is 2. The van der Waals surface area contributed by atoms with E-state index < -0.39 is 0 Å². The first-order valence-corrected chi connectivity index (χ1v) is 10.0. The van der Waals surface area contributed by atoms with Crippen molar-refractivity contribution in [1.82, 2.24) is 10.6 Å². The summed E-state index contributed by atoms with van der Waals surface area (Å²) in [6, 6.07) is 3.27. The molecular weight excluding hydrogens is 320 g/mol. The molecule has 1 unspecified atom stereocenters. The minimum Gasteiger partial charge on any atom is -0.459 e. The van der Waals surface area contributed by atoms with Crippen LogP contribution in [-0.4, -0.2) is 35.9 Å². The Morgan fingerprint density at radius 1 is 1.27 bits per heavy atom. The average Bonchev–Trinajstić information content (AvgIpc) is 3.21. The Bertz CT molecular complexity index is 459. The molecule has 0 radical (unpaired) electrons. The number of amides is 2. The summed E-state index contributed by atoms with van der Waals surface area (Å²) in [6.45, 7) is 0.849. The lowest BCUT2D eigenvalue weighted by molar-refractivity contribution is -0.121. The summed E-state index contributed by atoms with van der Waals surface area (Å²) in [4.78, 5) is 23.2. The molecule has 2 heterocycles. The molecule has 1 aromatic rings. The van der Waals surface area contributed by atoms with Crippen molar-refractivity contribution in [2.24, 2.45) is 0 Å². The van der Waals surface area contributed by atoms with Gasteiger partial charge >= 0.3 is 0 Å². The van der Waals surface area contributed by atoms with Gasteiger partial charge in [0.25, 0.3) is 5.91 Å². The quantitative estimate of drug-likeness (QED) is 0.533. The summed E-state index contributed by atoms with van der Waals surface area (Å²) >= 11 is 0. The number of nitrogens with one attached hydrogen (secondary N) is 2. The van der Waals surface area contributed by atoms with Crippen LogP contribution in [0.15, 0.2) is 22.8 Å². The van der Waals surface area contributed by atoms with Gasteiger partial charge in [-0.25, -0.2) is 0 Å². The molecule has 0 aromatic carbocycles. The van der Waals surface area contributed by atoms with Gasteiger partial charge in [-0.15, -0.1) is 0 Å². The fraction of sp³-hybridized carbons (Fsp3) is 0.600. The summed E-state index contributed by atoms with van der Waals surface area (Å²) in [5.74, 6) is 1.35. The molecule has 2 N–H and O–H groups in total. The van der Waals surface area contributed by atoms with E-state index in [-0.39, 0.29) is 17.6 Å². The van der Waals surface area contributed by atoms with Crippen LogP contribution in [0.25, 0.3) is 0 Å². The minimum atomic E-state index is -0.258. The van der Waals surface area contributed by atoms with Crippen molar-refractivity contribution in [2.75, 3.05) is 18.8 Å². The zero-order valence-corrected chi connectivity index (χ0v) is 14.1. The third-order valence-electron chi connectivity index (χ3n) is 3.38. The summed E-state index contributed by atoms with van der Waals surface area (Å²) in [7, 11) is 3.95. The molecule has 22 heavy (non-hydrogen) atoms. The largest absolute Gasteiger partial charge is 0.459 e. The van der Waals surface area contributed by atoms with Crippen molar-refractivity contribution >= 4 is 33.4 Å². The molecule has 1 aliphatic heterocycles. The van der Waals surface area contributed by atoms with E-state index in [4.69, 9.17) is 4.42 Å². The molecule has 5 nitrogen and oxygen atoms in total. The molecule has 0 saturated carbocycles. The van der Waals surface area contributed by atoms with Crippen LogP contribution in [0.5, 0.6) is 0 Å². The smallest absolute Gasteiger partial charge is 0.287 e. The molecule has 1 saturated heterocycles. The van der Waals surface area contributed by atoms with Gasteiger partial charge < -0.3 is 15.1 Å². The van der Waals surface area contributed by atoms with Crippen LogP contribution in [0.3, 0.4) is 0 Å². The molecule has 1 atom stereocenters. The second-order valence-corrected chi connectivity index (χ2v) is 7.95. The lowest BCUT2D eigenvalue weighted by Crippen LogP contribution is -2.34. The Morgan fingerprint density at radius 3 is 2.86 bits per heavy atom. The maximum Gasteiger partial charge on any atom is 0.287 e. The van der Waals surface area contributed by atoms with Gasteiger partial charge in [-0.2, -0.15) is 0 Å². The summed E-state index contributed by atoms with van der Waals surface area (Å²) in [5, 5.41) is 6.29. The first kappa shape index (κ1) is 17.3. The summed E-state index contributed by atoms with van der Waals surface area (Å²) in [5.41, 5.74) is 0. The van der Waals surface area contributed by atoms with Crippen LogP contribution in [0.1, 0.15) is 42.7 Å². The highest BCUT2D eigenvalue weighted by molar-refractivity contribution is 8.77. The van der Waals surface area contributed by atoms with Crippen molar-refractivity contribution in [3.63, 3.8) is 0 Å². The standard InChI is InChI=1S/C15H22N2O3S2/c18-14(6-2-1-4-12-7-11-21-22-12)16-8-9-17-15(19)13-5-3-10-20-13/h3,5,10,12H,1-2,4,6-9,11H2,(H,16,18)(H,17,19). The fourth-order valence-corrected chi connectivity index (χ4v) is 5.21. The zero-order chi connectivity index (χ0) is 15.6. The highest BCUT2D eigenvalue weighted by Crippen LogP contribution is 2.39. The third kappa shape index (κ3) is 6.36. The summed E-state index contributed by atoms with van der Waals surface area (Å²) < 4.78 is 4.98. The number of carbonyl (C=O) groups excluding carboxylic acids is 2. The van der Waals surface area contributed by atoms with E-state index in [0.717, 1.165) is 18.1 Å². The van der Waals surface area contributed by atoms with Crippen LogP contribution in [-0.2, 0) is 4.79 Å². The summed E-state index contributed by atoms with van der Waals surface area (Å²) in [6.07, 6.45) is 6.59. The number of rotatable bonds is 9. The Kier molecular flexibility index (Phi) is 7.73. The zero-order valence-electron chi connectivity index (χ0n) is 12.5. The van der Waals surface area contributed by atoms with E-state index in [1.165, 1.54) is 24.9 Å². The van der Waals surface area contributed by atoms with Crippen LogP contribution >= 0.6 is 21.6 Å². The van der Waals surface area contributed by atoms with E-state index in [2.05, 4.69) is 10.6 Å². The molecule has 122 valence electrons. The molecule has 1 aromatic heterocycles. The minimum absolute atomic E-state index is 0.0562. The van der Waals surface area contributed by atoms with Crippen LogP contribution < -0.4 is 10.6 Å². The predicted molar refractivity (Wildman–Crippen MR) is 91.0 cm³/mol. The third-order valence-corrected chi connectivity index (χ3v) is 6.39. The lowest BCUT2D eigenvalue weighted by atomic mass is 10.1. The predicted octanol–water partition coefficient (Wildman–Crippen LogP) is 2.84. The van der Waals surface area contributed by atoms with Crippen LogP contribution in [0, 0.1) is 0 Å². The molecule has 1 fully saturated rings. The number of hydrogen-bond acceptors (Lipinski definition) is 5. The second kappa shape index (κ2) is 9.84. The molecule has 2 rings (SSSR count). The lowest BCUT2D eigenvalue weighted by Gasteiger charge is -2.08. The van der Waals surface area contributed by atoms with Gasteiger partial charge in [-0.1, -0.05) is 28.0 Å². The average molecular weight is 342 g/mol. The van der Waals surface area contributed by atoms with E-state index in [1.54, 1.807) is 12.1 Å². The number of furan rings is 1. The first-order chi connectivity index (χ1) is 10.8. The van der Waals surface area contributed by atoms with Crippen molar-refractivity contribution in [2.45, 2.75) is 37.4 Å². The molecule has 0 spiro atoms. The van der Waals surface area contributed by atoms with Crippen molar-refractivity contribution in [3.8, 4) is 0 Å². The van der Waals surface area contributed by atoms with Crippen LogP contribution in [0.4, 0.5) is 0 Å². The van der Waals surface area contributed by atoms with Crippen molar-refractivity contribution in [3.05, 3.63) is 24.2 Å². The second-order valence-electron chi connectivity index (χ2n) is 5.16. The van der Waals surface area contributed by atoms with E-state index in [0.29, 0.717) is 19.5 Å². The molecule has 7 heteroatoms. The van der Waals surface area contributed by atoms with Gasteiger partial charge in [0.2, 0.25) is 5.91 Å². The molecule has 1 aliphatic rings. The SMILES string of the molecule is O=C(CCCCC1CCSS1)NCCNC(=O)c1ccco1. The van der Waals surface area contributed by atoms with Gasteiger partial charge in [-0.05, 0) is 31.4 Å². The van der Waals surface area contributed by atoms with Gasteiger partial charge in [0.05, 0.1) is 6.26 Å². The maximum absolute atomic E-state index is 11.7. The Balaban J connectivity index is 1.44. The monoisotopic (exact) mass is 342 g/mol. The molecule has 0 aliphatic carbocycles. The fourth-order valence-electron chi connectivity index (χ4n) is 2.18. The molecule has 2 amide bonds. The Morgan fingerprint density at radius 2 is 2.14 bits per heavy atom. The first-order valence-electron chi connectivity index (χ1n) is 7.62. The Hall–Kier alpha value is -1.08. The maximum atomic E-state index is 11.7. The van der Waals surface area contributed by atoms with E-state index in [1.807, 2.05) is 21.6 Å². The van der Waals surface area contributed by atoms with Gasteiger partial charge in [0.15, 0.2) is 5.76 Å². The molecular formula is C15H22N2O3S2. The van der Waals surface area contributed by atoms with E-state index >= 15 is 0 Å². The van der Waals surface area contributed by atoms with E-state index in [9.17, 15) is 9.59 Å². The Labute approximate surface area is 138 Å². The van der Waals surface area contributed by atoms with Crippen molar-refractivity contribution in [1.29, 1.82) is 0 Å². The molecule has 0 bridgehead atoms. The van der Waals surface area contributed by atoms with Gasteiger partial charge in [0, 0.05) is 30.5 Å². The number of unbranched alkanes of at least 4 members (excludes halogenated alkanes) is 1. The highest BCUT2D eigenvalue weighted by atomic mass is 33.1. The highest BCUT2D eigenvalue weighted by Gasteiger charge is 2.15. The van der Waals surface area contributed by atoms with Gasteiger partial charge in [-0.3, -0.25) is 9.59 Å². The van der Waals surface area contributed by atoms with Crippen molar-refractivity contribution < 1.29 is 14.0 Å². The topological polar surface area (TPSA) is 71.3 Å². The number of carbonyl (C=O) groups is 2. The van der Waals surface area contributed by atoms with Crippen LogP contribution in [0.2, 0.25) is 0 Å². The van der Waals surface area contributed by atoms with Gasteiger partial charge in [0.1, 0.15) is 0 Å².